The summed E-state index contributed by atoms with van der Waals surface area (Å²) < 4.78 is 0. The highest BCUT2D eigenvalue weighted by molar-refractivity contribution is 5.97. The van der Waals surface area contributed by atoms with Crippen molar-refractivity contribution in [3.05, 3.63) is 24.9 Å². The lowest BCUT2D eigenvalue weighted by Gasteiger charge is -2.01. The van der Waals surface area contributed by atoms with E-state index in [1.165, 1.54) is 0 Å². The van der Waals surface area contributed by atoms with Crippen molar-refractivity contribution in [2.24, 2.45) is 4.99 Å². The van der Waals surface area contributed by atoms with Crippen LogP contribution in [-0.2, 0) is 0 Å². The second-order valence-electron chi connectivity index (χ2n) is 1.70. The van der Waals surface area contributed by atoms with Crippen LogP contribution >= 0.6 is 0 Å². The van der Waals surface area contributed by atoms with E-state index in [-0.39, 0.29) is 0 Å². The number of aliphatic imine (C=N–C) groups is 1. The Labute approximate surface area is 56.0 Å². The molecular weight excluding hydrogens is 112 g/mol. The topological polar surface area (TPSA) is 24.4 Å². The smallest absolute Gasteiger partial charge is 0.126 e. The van der Waals surface area contributed by atoms with Crippen molar-refractivity contribution in [2.75, 3.05) is 7.05 Å². The van der Waals surface area contributed by atoms with Gasteiger partial charge in [0.1, 0.15) is 5.84 Å². The molecule has 1 N–H and O–H groups in total. The zero-order valence-corrected chi connectivity index (χ0v) is 5.94. The van der Waals surface area contributed by atoms with Crippen LogP contribution in [0.1, 0.15) is 6.92 Å². The zero-order valence-electron chi connectivity index (χ0n) is 5.94. The van der Waals surface area contributed by atoms with Gasteiger partial charge < -0.3 is 5.32 Å². The predicted molar refractivity (Wildman–Crippen MR) is 41.5 cm³/mol. The molecule has 50 valence electrons. The average Bonchev–Trinajstić information content (AvgIpc) is 1.82. The molecule has 0 aliphatic heterocycles. The van der Waals surface area contributed by atoms with Gasteiger partial charge in [-0.3, -0.25) is 4.99 Å². The maximum atomic E-state index is 3.91. The van der Waals surface area contributed by atoms with Crippen molar-refractivity contribution in [1.29, 1.82) is 0 Å². The maximum absolute atomic E-state index is 3.91. The van der Waals surface area contributed by atoms with E-state index < -0.39 is 0 Å². The second-order valence-corrected chi connectivity index (χ2v) is 1.70. The molecule has 2 nitrogen and oxygen atoms in total. The summed E-state index contributed by atoms with van der Waals surface area (Å²) in [6.45, 7) is 9.09. The van der Waals surface area contributed by atoms with Gasteiger partial charge >= 0.3 is 0 Å². The molecule has 0 atom stereocenters. The van der Waals surface area contributed by atoms with Crippen molar-refractivity contribution >= 4 is 5.84 Å². The quantitative estimate of drug-likeness (QED) is 0.436. The Bertz CT molecular complexity index is 145. The highest BCUT2D eigenvalue weighted by atomic mass is 15.0. The molecule has 0 aromatic rings. The van der Waals surface area contributed by atoms with Crippen LogP contribution in [0.3, 0.4) is 0 Å². The van der Waals surface area contributed by atoms with Gasteiger partial charge in [-0.1, -0.05) is 13.2 Å². The summed E-state index contributed by atoms with van der Waals surface area (Å²) in [6, 6.07) is 0. The fraction of sp³-hybridized carbons (Fsp3) is 0.286. The Morgan fingerprint density at radius 3 is 2.33 bits per heavy atom. The standard InChI is InChI=1S/C7H12N2/c1-5-9-7(8-4)6(2)3/h5H,1-2H2,3-4H3,(H,8,9). The zero-order chi connectivity index (χ0) is 7.28. The Morgan fingerprint density at radius 1 is 1.67 bits per heavy atom. The molecule has 9 heavy (non-hydrogen) atoms. The Balaban J connectivity index is 4.00. The third-order valence-electron chi connectivity index (χ3n) is 0.867. The van der Waals surface area contributed by atoms with Crippen LogP contribution in [0.25, 0.3) is 0 Å². The van der Waals surface area contributed by atoms with Crippen molar-refractivity contribution < 1.29 is 0 Å². The van der Waals surface area contributed by atoms with E-state index in [9.17, 15) is 0 Å². The minimum Gasteiger partial charge on any atom is -0.347 e. The third kappa shape index (κ3) is 2.69. The first-order valence-electron chi connectivity index (χ1n) is 2.72. The lowest BCUT2D eigenvalue weighted by Crippen LogP contribution is -2.17. The molecule has 0 radical (unpaired) electrons. The molecule has 0 aromatic carbocycles. The largest absolute Gasteiger partial charge is 0.347 e. The molecule has 0 fully saturated rings. The highest BCUT2D eigenvalue weighted by Crippen LogP contribution is 1.87. The molecule has 0 saturated heterocycles. The summed E-state index contributed by atoms with van der Waals surface area (Å²) in [5.41, 5.74) is 0.914. The summed E-state index contributed by atoms with van der Waals surface area (Å²) in [5, 5.41) is 2.85. The van der Waals surface area contributed by atoms with Gasteiger partial charge in [0.2, 0.25) is 0 Å². The predicted octanol–water partition coefficient (Wildman–Crippen LogP) is 1.32. The second kappa shape index (κ2) is 3.89. The lowest BCUT2D eigenvalue weighted by atomic mass is 10.3. The van der Waals surface area contributed by atoms with E-state index in [1.807, 2.05) is 6.92 Å². The van der Waals surface area contributed by atoms with Gasteiger partial charge in [-0.05, 0) is 18.7 Å². The van der Waals surface area contributed by atoms with Gasteiger partial charge in [0, 0.05) is 7.05 Å². The van der Waals surface area contributed by atoms with E-state index in [2.05, 4.69) is 23.5 Å². The highest BCUT2D eigenvalue weighted by Gasteiger charge is 1.91. The van der Waals surface area contributed by atoms with E-state index in [0.29, 0.717) is 0 Å². The molecule has 0 spiro atoms. The summed E-state index contributed by atoms with van der Waals surface area (Å²) in [7, 11) is 1.71. The average molecular weight is 124 g/mol. The molecule has 0 aliphatic rings. The number of nitrogens with one attached hydrogen (secondary N) is 1. The molecular formula is C7H12N2. The molecule has 0 heterocycles. The first-order valence-corrected chi connectivity index (χ1v) is 2.72. The van der Waals surface area contributed by atoms with Crippen LogP contribution in [0.15, 0.2) is 29.9 Å². The Kier molecular flexibility index (Phi) is 3.44. The SMILES string of the molecule is C=CNC(=NC)C(=C)C. The summed E-state index contributed by atoms with van der Waals surface area (Å²) in [4.78, 5) is 3.91. The fourth-order valence-electron chi connectivity index (χ4n) is 0.475. The minimum atomic E-state index is 0.782. The minimum absolute atomic E-state index is 0.782. The number of hydrogen-bond donors (Lipinski definition) is 1. The van der Waals surface area contributed by atoms with E-state index >= 15 is 0 Å². The fourth-order valence-corrected chi connectivity index (χ4v) is 0.475. The van der Waals surface area contributed by atoms with E-state index in [0.717, 1.165) is 11.4 Å². The molecule has 0 bridgehead atoms. The van der Waals surface area contributed by atoms with Crippen molar-refractivity contribution in [1.82, 2.24) is 5.32 Å². The van der Waals surface area contributed by atoms with Gasteiger partial charge in [-0.25, -0.2) is 0 Å². The summed E-state index contributed by atoms with van der Waals surface area (Å²) in [5.74, 6) is 0.782. The number of amidine groups is 1. The van der Waals surface area contributed by atoms with Crippen LogP contribution < -0.4 is 5.32 Å². The van der Waals surface area contributed by atoms with Crippen LogP contribution in [0.5, 0.6) is 0 Å². The van der Waals surface area contributed by atoms with Crippen molar-refractivity contribution in [3.63, 3.8) is 0 Å². The normalized spacial score (nSPS) is 10.7. The molecule has 0 amide bonds. The molecule has 0 unspecified atom stereocenters. The van der Waals surface area contributed by atoms with E-state index in [1.54, 1.807) is 13.2 Å². The first kappa shape index (κ1) is 7.95. The number of nitrogens with zero attached hydrogens (tertiary/aromatic N) is 1. The number of hydrogen-bond acceptors (Lipinski definition) is 1. The molecule has 0 saturated carbocycles. The van der Waals surface area contributed by atoms with Gasteiger partial charge in [-0.15, -0.1) is 0 Å². The van der Waals surface area contributed by atoms with Crippen LogP contribution in [0.2, 0.25) is 0 Å². The number of rotatable bonds is 2. The summed E-state index contributed by atoms with van der Waals surface area (Å²) in [6.07, 6.45) is 1.58. The van der Waals surface area contributed by atoms with Gasteiger partial charge in [0.05, 0.1) is 0 Å². The van der Waals surface area contributed by atoms with Gasteiger partial charge in [0.15, 0.2) is 0 Å². The molecule has 2 heteroatoms. The van der Waals surface area contributed by atoms with Gasteiger partial charge in [0.25, 0.3) is 0 Å². The molecule has 0 aromatic heterocycles. The van der Waals surface area contributed by atoms with Crippen molar-refractivity contribution in [3.8, 4) is 0 Å². The first-order chi connectivity index (χ1) is 4.22. The van der Waals surface area contributed by atoms with Crippen LogP contribution in [0.4, 0.5) is 0 Å². The molecule has 0 aliphatic carbocycles. The lowest BCUT2D eigenvalue weighted by molar-refractivity contribution is 1.22. The van der Waals surface area contributed by atoms with Gasteiger partial charge in [-0.2, -0.15) is 0 Å². The monoisotopic (exact) mass is 124 g/mol. The Morgan fingerprint density at radius 2 is 2.22 bits per heavy atom. The Hall–Kier alpha value is -1.05. The van der Waals surface area contributed by atoms with Crippen LogP contribution in [-0.4, -0.2) is 12.9 Å². The van der Waals surface area contributed by atoms with E-state index in [4.69, 9.17) is 0 Å². The molecule has 0 rings (SSSR count). The summed E-state index contributed by atoms with van der Waals surface area (Å²) >= 11 is 0. The third-order valence-corrected chi connectivity index (χ3v) is 0.867. The van der Waals surface area contributed by atoms with Crippen LogP contribution in [0, 0.1) is 0 Å². The maximum Gasteiger partial charge on any atom is 0.126 e. The van der Waals surface area contributed by atoms with Crippen molar-refractivity contribution in [2.45, 2.75) is 6.92 Å².